The highest BCUT2D eigenvalue weighted by Gasteiger charge is 2.33. The third-order valence-electron chi connectivity index (χ3n) is 3.88. The van der Waals surface area contributed by atoms with Crippen molar-refractivity contribution in [1.29, 1.82) is 0 Å². The molecule has 0 aromatic heterocycles. The van der Waals surface area contributed by atoms with Gasteiger partial charge in [0.2, 0.25) is 0 Å². The minimum atomic E-state index is -0.469. The van der Waals surface area contributed by atoms with E-state index in [2.05, 4.69) is 4.90 Å². The van der Waals surface area contributed by atoms with Gasteiger partial charge in [-0.25, -0.2) is 0 Å². The first-order chi connectivity index (χ1) is 10.8. The molecule has 1 saturated heterocycles. The predicted octanol–water partition coefficient (Wildman–Crippen LogP) is 2.94. The Morgan fingerprint density at radius 2 is 2.00 bits per heavy atom. The zero-order chi connectivity index (χ0) is 17.0. The molecule has 1 aliphatic heterocycles. The maximum atomic E-state index is 12.3. The number of hydrogen-bond acceptors (Lipinski definition) is 5. The molecule has 0 aliphatic carbocycles. The predicted molar refractivity (Wildman–Crippen MR) is 87.2 cm³/mol. The molecule has 23 heavy (non-hydrogen) atoms. The fourth-order valence-corrected chi connectivity index (χ4v) is 2.79. The lowest BCUT2D eigenvalue weighted by atomic mass is 10.1. The number of carbonyl (C=O) groups excluding carboxylic acids is 1. The van der Waals surface area contributed by atoms with Crippen molar-refractivity contribution in [3.63, 3.8) is 0 Å². The van der Waals surface area contributed by atoms with E-state index < -0.39 is 10.5 Å². The fourth-order valence-electron chi connectivity index (χ4n) is 2.79. The Morgan fingerprint density at radius 1 is 1.35 bits per heavy atom. The molecule has 0 N–H and O–H groups in total. The number of carbonyl (C=O) groups is 1. The number of nitro groups is 1. The van der Waals surface area contributed by atoms with E-state index in [9.17, 15) is 14.9 Å². The highest BCUT2D eigenvalue weighted by Crippen LogP contribution is 2.22. The SMILES string of the molecule is CC(C)(C)OC(=O)[C@@H]1CCCN1CCc1ccc([N+](=O)[O-])cc1. The average Bonchev–Trinajstić information content (AvgIpc) is 2.92. The summed E-state index contributed by atoms with van der Waals surface area (Å²) < 4.78 is 5.49. The summed E-state index contributed by atoms with van der Waals surface area (Å²) in [6, 6.07) is 6.41. The van der Waals surface area contributed by atoms with Gasteiger partial charge in [0, 0.05) is 18.7 Å². The van der Waals surface area contributed by atoms with Crippen LogP contribution in [0.1, 0.15) is 39.2 Å². The molecule has 0 amide bonds. The second-order valence-electron chi connectivity index (χ2n) is 6.90. The van der Waals surface area contributed by atoms with Crippen molar-refractivity contribution < 1.29 is 14.5 Å². The molecule has 1 fully saturated rings. The van der Waals surface area contributed by atoms with Gasteiger partial charge in [0.05, 0.1) is 4.92 Å². The Balaban J connectivity index is 1.91. The molecule has 126 valence electrons. The van der Waals surface area contributed by atoms with Crippen LogP contribution in [0.25, 0.3) is 0 Å². The summed E-state index contributed by atoms with van der Waals surface area (Å²) in [4.78, 5) is 24.7. The number of esters is 1. The number of hydrogen-bond donors (Lipinski definition) is 0. The topological polar surface area (TPSA) is 72.7 Å². The van der Waals surface area contributed by atoms with E-state index >= 15 is 0 Å². The molecule has 1 aromatic carbocycles. The molecule has 0 unspecified atom stereocenters. The smallest absolute Gasteiger partial charge is 0.323 e. The maximum absolute atomic E-state index is 12.3. The molecule has 1 atom stereocenters. The van der Waals surface area contributed by atoms with Crippen molar-refractivity contribution in [2.75, 3.05) is 13.1 Å². The van der Waals surface area contributed by atoms with Gasteiger partial charge in [-0.1, -0.05) is 12.1 Å². The van der Waals surface area contributed by atoms with Crippen molar-refractivity contribution in [3.8, 4) is 0 Å². The Labute approximate surface area is 136 Å². The van der Waals surface area contributed by atoms with Crippen LogP contribution >= 0.6 is 0 Å². The van der Waals surface area contributed by atoms with Crippen LogP contribution in [0.15, 0.2) is 24.3 Å². The van der Waals surface area contributed by atoms with Crippen LogP contribution < -0.4 is 0 Å². The molecule has 1 heterocycles. The standard InChI is InChI=1S/C17H24N2O4/c1-17(2,3)23-16(20)15-5-4-11-18(15)12-10-13-6-8-14(9-7-13)19(21)22/h6-9,15H,4-5,10-12H2,1-3H3/t15-/m0/s1. The lowest BCUT2D eigenvalue weighted by molar-refractivity contribution is -0.384. The monoisotopic (exact) mass is 320 g/mol. The van der Waals surface area contributed by atoms with Crippen molar-refractivity contribution in [1.82, 2.24) is 4.90 Å². The van der Waals surface area contributed by atoms with E-state index in [0.717, 1.165) is 37.9 Å². The van der Waals surface area contributed by atoms with E-state index in [4.69, 9.17) is 4.74 Å². The Kier molecular flexibility index (Phi) is 5.36. The molecule has 0 bridgehead atoms. The van der Waals surface area contributed by atoms with Gasteiger partial charge in [-0.3, -0.25) is 19.8 Å². The van der Waals surface area contributed by atoms with Crippen molar-refractivity contribution in [3.05, 3.63) is 39.9 Å². The summed E-state index contributed by atoms with van der Waals surface area (Å²) in [5.41, 5.74) is 0.663. The van der Waals surface area contributed by atoms with Gasteiger partial charge in [0.1, 0.15) is 11.6 Å². The zero-order valence-corrected chi connectivity index (χ0v) is 13.9. The molecular weight excluding hydrogens is 296 g/mol. The molecule has 0 saturated carbocycles. The fraction of sp³-hybridized carbons (Fsp3) is 0.588. The number of benzene rings is 1. The second-order valence-corrected chi connectivity index (χ2v) is 6.90. The Hall–Kier alpha value is -1.95. The van der Waals surface area contributed by atoms with Crippen LogP contribution in [0.3, 0.4) is 0 Å². The molecule has 1 aromatic rings. The van der Waals surface area contributed by atoms with Crippen LogP contribution in [0.5, 0.6) is 0 Å². The van der Waals surface area contributed by atoms with Gasteiger partial charge in [-0.2, -0.15) is 0 Å². The summed E-state index contributed by atoms with van der Waals surface area (Å²) >= 11 is 0. The third kappa shape index (κ3) is 5.03. The van der Waals surface area contributed by atoms with Gasteiger partial charge in [0.15, 0.2) is 0 Å². The minimum Gasteiger partial charge on any atom is -0.459 e. The molecule has 1 aliphatic rings. The first kappa shape index (κ1) is 17.4. The quantitative estimate of drug-likeness (QED) is 0.474. The molecular formula is C17H24N2O4. The van der Waals surface area contributed by atoms with E-state index in [1.54, 1.807) is 12.1 Å². The minimum absolute atomic E-state index is 0.0987. The first-order valence-electron chi connectivity index (χ1n) is 7.96. The lowest BCUT2D eigenvalue weighted by Gasteiger charge is -2.27. The van der Waals surface area contributed by atoms with Gasteiger partial charge in [-0.15, -0.1) is 0 Å². The summed E-state index contributed by atoms with van der Waals surface area (Å²) in [5, 5.41) is 10.7. The number of rotatable bonds is 5. The van der Waals surface area contributed by atoms with Gasteiger partial charge < -0.3 is 4.74 Å². The van der Waals surface area contributed by atoms with E-state index in [1.807, 2.05) is 20.8 Å². The molecule has 2 rings (SSSR count). The third-order valence-corrected chi connectivity index (χ3v) is 3.88. The first-order valence-corrected chi connectivity index (χ1v) is 7.96. The van der Waals surface area contributed by atoms with Crippen molar-refractivity contribution in [2.24, 2.45) is 0 Å². The van der Waals surface area contributed by atoms with Crippen molar-refractivity contribution in [2.45, 2.75) is 51.7 Å². The van der Waals surface area contributed by atoms with Gasteiger partial charge in [0.25, 0.3) is 5.69 Å². The Bertz CT molecular complexity index is 563. The van der Waals surface area contributed by atoms with Crippen LogP contribution in [0.2, 0.25) is 0 Å². The summed E-state index contributed by atoms with van der Waals surface area (Å²) in [6.07, 6.45) is 2.58. The highest BCUT2D eigenvalue weighted by atomic mass is 16.6. The second kappa shape index (κ2) is 7.08. The molecule has 6 nitrogen and oxygen atoms in total. The summed E-state index contributed by atoms with van der Waals surface area (Å²) in [6.45, 7) is 7.27. The molecule has 0 spiro atoms. The normalized spacial score (nSPS) is 18.8. The highest BCUT2D eigenvalue weighted by molar-refractivity contribution is 5.76. The number of nitro benzene ring substituents is 1. The molecule has 6 heteroatoms. The lowest BCUT2D eigenvalue weighted by Crippen LogP contribution is -2.41. The zero-order valence-electron chi connectivity index (χ0n) is 13.9. The van der Waals surface area contributed by atoms with Crippen LogP contribution in [-0.4, -0.2) is 40.5 Å². The van der Waals surface area contributed by atoms with Crippen molar-refractivity contribution >= 4 is 11.7 Å². The molecule has 0 radical (unpaired) electrons. The number of likely N-dealkylation sites (tertiary alicyclic amines) is 1. The van der Waals surface area contributed by atoms with Crippen LogP contribution in [0, 0.1) is 10.1 Å². The number of nitrogens with zero attached hydrogens (tertiary/aromatic N) is 2. The van der Waals surface area contributed by atoms with Crippen LogP contribution in [-0.2, 0) is 16.0 Å². The maximum Gasteiger partial charge on any atom is 0.323 e. The van der Waals surface area contributed by atoms with E-state index in [-0.39, 0.29) is 17.7 Å². The number of non-ortho nitro benzene ring substituents is 1. The summed E-state index contributed by atoms with van der Waals surface area (Å²) in [7, 11) is 0. The average molecular weight is 320 g/mol. The Morgan fingerprint density at radius 3 is 2.57 bits per heavy atom. The van der Waals surface area contributed by atoms with Gasteiger partial charge in [-0.05, 0) is 52.1 Å². The largest absolute Gasteiger partial charge is 0.459 e. The summed E-state index contributed by atoms with van der Waals surface area (Å²) in [5.74, 6) is -0.154. The number of ether oxygens (including phenoxy) is 1. The van der Waals surface area contributed by atoms with E-state index in [1.165, 1.54) is 12.1 Å². The van der Waals surface area contributed by atoms with Crippen LogP contribution in [0.4, 0.5) is 5.69 Å². The van der Waals surface area contributed by atoms with E-state index in [0.29, 0.717) is 0 Å². The van der Waals surface area contributed by atoms with Gasteiger partial charge >= 0.3 is 5.97 Å².